The summed E-state index contributed by atoms with van der Waals surface area (Å²) < 4.78 is 36.9. The van der Waals surface area contributed by atoms with Crippen molar-refractivity contribution in [1.29, 1.82) is 0 Å². The van der Waals surface area contributed by atoms with E-state index in [-0.39, 0.29) is 12.4 Å². The third-order valence-electron chi connectivity index (χ3n) is 2.71. The zero-order chi connectivity index (χ0) is 14.5. The first-order valence-electron chi connectivity index (χ1n) is 6.42. The zero-order valence-corrected chi connectivity index (χ0v) is 11.5. The summed E-state index contributed by atoms with van der Waals surface area (Å²) in [6.45, 7) is 4.85. The molecular formula is C15H17F2NO2. The summed E-state index contributed by atoms with van der Waals surface area (Å²) in [5.41, 5.74) is 0.983. The molecule has 5 heteroatoms. The van der Waals surface area contributed by atoms with E-state index in [1.54, 1.807) is 6.26 Å². The summed E-state index contributed by atoms with van der Waals surface area (Å²) >= 11 is 0. The molecule has 0 bridgehead atoms. The molecule has 0 saturated carbocycles. The lowest BCUT2D eigenvalue weighted by Gasteiger charge is -2.05. The van der Waals surface area contributed by atoms with Crippen LogP contribution in [0.1, 0.15) is 25.2 Å². The molecule has 2 rings (SSSR count). The van der Waals surface area contributed by atoms with Gasteiger partial charge in [0.25, 0.3) is 0 Å². The van der Waals surface area contributed by atoms with Crippen molar-refractivity contribution in [3.8, 4) is 5.75 Å². The number of rotatable bonds is 6. The fraction of sp³-hybridized carbons (Fsp3) is 0.333. The summed E-state index contributed by atoms with van der Waals surface area (Å²) in [5.74, 6) is -1.47. The maximum absolute atomic E-state index is 13.4. The average Bonchev–Trinajstić information content (AvgIpc) is 2.86. The van der Waals surface area contributed by atoms with E-state index in [4.69, 9.17) is 9.15 Å². The summed E-state index contributed by atoms with van der Waals surface area (Å²) in [4.78, 5) is 0. The molecule has 0 aliphatic heterocycles. The first kappa shape index (κ1) is 14.5. The maximum atomic E-state index is 13.4. The highest BCUT2D eigenvalue weighted by Gasteiger charge is 2.10. The normalized spacial score (nSPS) is 11.1. The highest BCUT2D eigenvalue weighted by Crippen LogP contribution is 2.20. The van der Waals surface area contributed by atoms with Gasteiger partial charge in [0.05, 0.1) is 6.26 Å². The predicted octanol–water partition coefficient (Wildman–Crippen LogP) is 3.63. The molecule has 0 radical (unpaired) electrons. The molecule has 20 heavy (non-hydrogen) atoms. The Kier molecular flexibility index (Phi) is 4.74. The molecule has 2 aromatic rings. The highest BCUT2D eigenvalue weighted by molar-refractivity contribution is 5.25. The minimum absolute atomic E-state index is 0.0576. The molecule has 0 aliphatic carbocycles. The van der Waals surface area contributed by atoms with Crippen molar-refractivity contribution in [2.45, 2.75) is 33.0 Å². The van der Waals surface area contributed by atoms with E-state index < -0.39 is 11.6 Å². The van der Waals surface area contributed by atoms with Gasteiger partial charge >= 0.3 is 0 Å². The zero-order valence-electron chi connectivity index (χ0n) is 11.5. The van der Waals surface area contributed by atoms with Crippen molar-refractivity contribution < 1.29 is 17.9 Å². The van der Waals surface area contributed by atoms with Gasteiger partial charge in [-0.25, -0.2) is 4.39 Å². The Morgan fingerprint density at radius 2 is 2.10 bits per heavy atom. The van der Waals surface area contributed by atoms with Gasteiger partial charge < -0.3 is 14.5 Å². The van der Waals surface area contributed by atoms with Crippen LogP contribution in [0.3, 0.4) is 0 Å². The van der Waals surface area contributed by atoms with Crippen molar-refractivity contribution in [3.05, 3.63) is 53.5 Å². The monoisotopic (exact) mass is 281 g/mol. The second-order valence-electron chi connectivity index (χ2n) is 4.80. The van der Waals surface area contributed by atoms with Crippen LogP contribution in [0, 0.1) is 11.6 Å². The standard InChI is InChI=1S/C15H17F2NO2/c1-10(2)18-7-11-6-12(19-8-11)9-20-14-5-3-4-13(16)15(14)17/h3-6,8,10,18H,7,9H2,1-2H3. The molecule has 1 aromatic heterocycles. The van der Waals surface area contributed by atoms with E-state index in [0.717, 1.165) is 11.6 Å². The quantitative estimate of drug-likeness (QED) is 0.878. The van der Waals surface area contributed by atoms with Crippen LogP contribution in [0.15, 0.2) is 34.9 Å². The first-order chi connectivity index (χ1) is 9.56. The molecule has 108 valence electrons. The third-order valence-corrected chi connectivity index (χ3v) is 2.71. The Hall–Kier alpha value is -1.88. The van der Waals surface area contributed by atoms with Crippen molar-refractivity contribution in [2.24, 2.45) is 0 Å². The second kappa shape index (κ2) is 6.52. The van der Waals surface area contributed by atoms with Gasteiger partial charge in [0.2, 0.25) is 5.82 Å². The first-order valence-corrected chi connectivity index (χ1v) is 6.42. The van der Waals surface area contributed by atoms with E-state index in [1.165, 1.54) is 12.1 Å². The van der Waals surface area contributed by atoms with Gasteiger partial charge in [-0.05, 0) is 18.2 Å². The molecule has 0 saturated heterocycles. The smallest absolute Gasteiger partial charge is 0.200 e. The third kappa shape index (κ3) is 3.81. The summed E-state index contributed by atoms with van der Waals surface area (Å²) in [5, 5.41) is 3.26. The SMILES string of the molecule is CC(C)NCc1coc(COc2cccc(F)c2F)c1. The van der Waals surface area contributed by atoms with Gasteiger partial charge in [0, 0.05) is 18.2 Å². The van der Waals surface area contributed by atoms with Crippen molar-refractivity contribution in [2.75, 3.05) is 0 Å². The van der Waals surface area contributed by atoms with Gasteiger partial charge in [-0.3, -0.25) is 0 Å². The molecule has 0 atom stereocenters. The second-order valence-corrected chi connectivity index (χ2v) is 4.80. The molecule has 0 aliphatic rings. The minimum atomic E-state index is -0.985. The lowest BCUT2D eigenvalue weighted by molar-refractivity contribution is 0.255. The van der Waals surface area contributed by atoms with E-state index in [1.807, 2.05) is 6.07 Å². The fourth-order valence-corrected chi connectivity index (χ4v) is 1.66. The Labute approximate surface area is 116 Å². The fourth-order valence-electron chi connectivity index (χ4n) is 1.66. The summed E-state index contributed by atoms with van der Waals surface area (Å²) in [6, 6.07) is 6.03. The number of nitrogens with one attached hydrogen (secondary N) is 1. The summed E-state index contributed by atoms with van der Waals surface area (Å²) in [6.07, 6.45) is 1.62. The molecule has 0 fully saturated rings. The van der Waals surface area contributed by atoms with Crippen molar-refractivity contribution in [1.82, 2.24) is 5.32 Å². The number of furan rings is 1. The van der Waals surface area contributed by atoms with Gasteiger partial charge in [-0.1, -0.05) is 19.9 Å². The van der Waals surface area contributed by atoms with Gasteiger partial charge in [0.1, 0.15) is 12.4 Å². The number of halogens is 2. The van der Waals surface area contributed by atoms with E-state index >= 15 is 0 Å². The van der Waals surface area contributed by atoms with Gasteiger partial charge in [-0.15, -0.1) is 0 Å². The molecule has 3 nitrogen and oxygen atoms in total. The largest absolute Gasteiger partial charge is 0.482 e. The predicted molar refractivity (Wildman–Crippen MR) is 71.4 cm³/mol. The van der Waals surface area contributed by atoms with E-state index in [9.17, 15) is 8.78 Å². The van der Waals surface area contributed by atoms with Crippen LogP contribution in [0.25, 0.3) is 0 Å². The van der Waals surface area contributed by atoms with Crippen LogP contribution in [0.2, 0.25) is 0 Å². The molecule has 0 spiro atoms. The molecule has 1 heterocycles. The molecular weight excluding hydrogens is 264 g/mol. The molecule has 0 amide bonds. The number of ether oxygens (including phenoxy) is 1. The van der Waals surface area contributed by atoms with Crippen LogP contribution in [0.5, 0.6) is 5.75 Å². The Balaban J connectivity index is 1.92. The lowest BCUT2D eigenvalue weighted by atomic mass is 10.3. The maximum Gasteiger partial charge on any atom is 0.200 e. The van der Waals surface area contributed by atoms with Gasteiger partial charge in [-0.2, -0.15) is 4.39 Å². The van der Waals surface area contributed by atoms with E-state index in [2.05, 4.69) is 19.2 Å². The van der Waals surface area contributed by atoms with Gasteiger partial charge in [0.15, 0.2) is 11.6 Å². The lowest BCUT2D eigenvalue weighted by Crippen LogP contribution is -2.21. The Morgan fingerprint density at radius 1 is 1.30 bits per heavy atom. The van der Waals surface area contributed by atoms with Crippen LogP contribution >= 0.6 is 0 Å². The summed E-state index contributed by atoms with van der Waals surface area (Å²) in [7, 11) is 0. The highest BCUT2D eigenvalue weighted by atomic mass is 19.2. The van der Waals surface area contributed by atoms with Crippen molar-refractivity contribution >= 4 is 0 Å². The van der Waals surface area contributed by atoms with E-state index in [0.29, 0.717) is 18.3 Å². The molecule has 0 unspecified atom stereocenters. The Bertz CT molecular complexity index is 567. The van der Waals surface area contributed by atoms with Crippen LogP contribution in [0.4, 0.5) is 8.78 Å². The average molecular weight is 281 g/mol. The number of benzene rings is 1. The number of hydrogen-bond acceptors (Lipinski definition) is 3. The molecule has 1 aromatic carbocycles. The number of hydrogen-bond donors (Lipinski definition) is 1. The molecule has 1 N–H and O–H groups in total. The minimum Gasteiger partial charge on any atom is -0.482 e. The van der Waals surface area contributed by atoms with Crippen LogP contribution in [-0.2, 0) is 13.2 Å². The topological polar surface area (TPSA) is 34.4 Å². The van der Waals surface area contributed by atoms with Crippen LogP contribution in [-0.4, -0.2) is 6.04 Å². The Morgan fingerprint density at radius 3 is 2.85 bits per heavy atom. The van der Waals surface area contributed by atoms with Crippen molar-refractivity contribution in [3.63, 3.8) is 0 Å². The van der Waals surface area contributed by atoms with Crippen LogP contribution < -0.4 is 10.1 Å².